The van der Waals surface area contributed by atoms with Crippen molar-refractivity contribution < 1.29 is 4.79 Å². The van der Waals surface area contributed by atoms with Gasteiger partial charge in [0.25, 0.3) is 0 Å². The monoisotopic (exact) mass is 261 g/mol. The van der Waals surface area contributed by atoms with Crippen LogP contribution in [0.3, 0.4) is 0 Å². The third-order valence-electron chi connectivity index (χ3n) is 3.74. The van der Waals surface area contributed by atoms with Crippen molar-refractivity contribution in [3.05, 3.63) is 30.3 Å². The van der Waals surface area contributed by atoms with Crippen molar-refractivity contribution in [2.75, 3.05) is 38.1 Å². The number of anilines is 1. The highest BCUT2D eigenvalue weighted by atomic mass is 16.2. The van der Waals surface area contributed by atoms with Crippen LogP contribution < -0.4 is 10.2 Å². The lowest BCUT2D eigenvalue weighted by Gasteiger charge is -2.34. The first-order valence-corrected chi connectivity index (χ1v) is 6.98. The second-order valence-electron chi connectivity index (χ2n) is 5.02. The van der Waals surface area contributed by atoms with Gasteiger partial charge in [0.1, 0.15) is 0 Å². The first-order chi connectivity index (χ1) is 9.22. The molecule has 1 aliphatic heterocycles. The van der Waals surface area contributed by atoms with Gasteiger partial charge in [0.15, 0.2) is 0 Å². The van der Waals surface area contributed by atoms with Gasteiger partial charge in [-0.1, -0.05) is 18.2 Å². The predicted molar refractivity (Wildman–Crippen MR) is 78.4 cm³/mol. The molecular weight excluding hydrogens is 238 g/mol. The van der Waals surface area contributed by atoms with Gasteiger partial charge in [0.2, 0.25) is 5.91 Å². The molecule has 19 heavy (non-hydrogen) atoms. The summed E-state index contributed by atoms with van der Waals surface area (Å²) in [5, 5.41) is 3.35. The molecule has 0 aliphatic carbocycles. The van der Waals surface area contributed by atoms with Crippen molar-refractivity contribution in [3.63, 3.8) is 0 Å². The number of piperazine rings is 1. The van der Waals surface area contributed by atoms with E-state index >= 15 is 0 Å². The van der Waals surface area contributed by atoms with E-state index in [1.807, 2.05) is 42.2 Å². The summed E-state index contributed by atoms with van der Waals surface area (Å²) in [7, 11) is 2.09. The predicted octanol–water partition coefficient (Wildman–Crippen LogP) is 1.33. The van der Waals surface area contributed by atoms with Crippen LogP contribution in [0.15, 0.2) is 30.3 Å². The molecule has 1 aromatic rings. The van der Waals surface area contributed by atoms with E-state index in [1.54, 1.807) is 0 Å². The summed E-state index contributed by atoms with van der Waals surface area (Å²) in [4.78, 5) is 16.6. The third-order valence-corrected chi connectivity index (χ3v) is 3.74. The third kappa shape index (κ3) is 3.55. The summed E-state index contributed by atoms with van der Waals surface area (Å²) < 4.78 is 0. The molecule has 4 heteroatoms. The van der Waals surface area contributed by atoms with Gasteiger partial charge in [-0.3, -0.25) is 4.79 Å². The average Bonchev–Trinajstić information content (AvgIpc) is 2.43. The molecule has 1 aliphatic rings. The fourth-order valence-electron chi connectivity index (χ4n) is 2.51. The molecule has 1 saturated heterocycles. The zero-order valence-electron chi connectivity index (χ0n) is 11.8. The Morgan fingerprint density at radius 3 is 2.79 bits per heavy atom. The molecular formula is C15H23N3O. The lowest BCUT2D eigenvalue weighted by molar-refractivity contribution is -0.119. The number of benzene rings is 1. The summed E-state index contributed by atoms with van der Waals surface area (Å²) in [6, 6.07) is 10.2. The van der Waals surface area contributed by atoms with Crippen molar-refractivity contribution in [1.82, 2.24) is 10.2 Å². The number of para-hydroxylation sites is 1. The van der Waals surface area contributed by atoms with E-state index in [0.717, 1.165) is 25.3 Å². The van der Waals surface area contributed by atoms with Gasteiger partial charge in [-0.05, 0) is 26.1 Å². The van der Waals surface area contributed by atoms with Crippen molar-refractivity contribution in [2.45, 2.75) is 19.4 Å². The van der Waals surface area contributed by atoms with Crippen LogP contribution in [0.2, 0.25) is 0 Å². The maximum atomic E-state index is 12.5. The van der Waals surface area contributed by atoms with Crippen LogP contribution >= 0.6 is 0 Å². The molecule has 0 aromatic heterocycles. The number of likely N-dealkylation sites (N-methyl/N-ethyl adjacent to an activating group) is 1. The quantitative estimate of drug-likeness (QED) is 0.888. The Morgan fingerprint density at radius 2 is 2.16 bits per heavy atom. The van der Waals surface area contributed by atoms with E-state index in [1.165, 1.54) is 0 Å². The fourth-order valence-corrected chi connectivity index (χ4v) is 2.51. The van der Waals surface area contributed by atoms with E-state index in [-0.39, 0.29) is 5.91 Å². The molecule has 1 unspecified atom stereocenters. The van der Waals surface area contributed by atoms with Gasteiger partial charge in [0.05, 0.1) is 0 Å². The van der Waals surface area contributed by atoms with E-state index in [9.17, 15) is 4.79 Å². The van der Waals surface area contributed by atoms with E-state index in [0.29, 0.717) is 19.0 Å². The molecule has 1 atom stereocenters. The van der Waals surface area contributed by atoms with Gasteiger partial charge in [0, 0.05) is 44.3 Å². The summed E-state index contributed by atoms with van der Waals surface area (Å²) in [5.74, 6) is 0.203. The molecule has 1 aromatic carbocycles. The first-order valence-electron chi connectivity index (χ1n) is 6.98. The normalized spacial score (nSPS) is 20.2. The summed E-state index contributed by atoms with van der Waals surface area (Å²) in [6.07, 6.45) is 0.576. The largest absolute Gasteiger partial charge is 0.314 e. The number of hydrogen-bond donors (Lipinski definition) is 1. The minimum absolute atomic E-state index is 0.203. The van der Waals surface area contributed by atoms with Crippen molar-refractivity contribution in [2.24, 2.45) is 0 Å². The Bertz CT molecular complexity index is 407. The van der Waals surface area contributed by atoms with Gasteiger partial charge < -0.3 is 15.1 Å². The minimum atomic E-state index is 0.203. The molecule has 4 nitrogen and oxygen atoms in total. The van der Waals surface area contributed by atoms with Crippen LogP contribution in [0.1, 0.15) is 13.3 Å². The molecule has 0 spiro atoms. The second kappa shape index (κ2) is 6.68. The van der Waals surface area contributed by atoms with Crippen LogP contribution in [0, 0.1) is 0 Å². The Hall–Kier alpha value is -1.39. The van der Waals surface area contributed by atoms with Crippen LogP contribution in [0.4, 0.5) is 5.69 Å². The van der Waals surface area contributed by atoms with Crippen molar-refractivity contribution >= 4 is 11.6 Å². The topological polar surface area (TPSA) is 35.6 Å². The maximum absolute atomic E-state index is 12.5. The number of amides is 1. The smallest absolute Gasteiger partial charge is 0.228 e. The van der Waals surface area contributed by atoms with Crippen LogP contribution in [0.25, 0.3) is 0 Å². The van der Waals surface area contributed by atoms with Gasteiger partial charge >= 0.3 is 0 Å². The van der Waals surface area contributed by atoms with E-state index in [4.69, 9.17) is 0 Å². The molecule has 2 rings (SSSR count). The van der Waals surface area contributed by atoms with Crippen molar-refractivity contribution in [1.29, 1.82) is 0 Å². The summed E-state index contributed by atoms with van der Waals surface area (Å²) in [5.41, 5.74) is 0.987. The highest BCUT2D eigenvalue weighted by molar-refractivity contribution is 5.93. The number of carbonyl (C=O) groups is 1. The Labute approximate surface area is 115 Å². The summed E-state index contributed by atoms with van der Waals surface area (Å²) >= 11 is 0. The SMILES string of the molecule is CCN(C(=O)CC1CNCCN1C)c1ccccc1. The molecule has 1 fully saturated rings. The standard InChI is InChI=1S/C15H23N3O/c1-3-18(13-7-5-4-6-8-13)15(19)11-14-12-16-9-10-17(14)2/h4-8,14,16H,3,9-12H2,1-2H3. The Balaban J connectivity index is 2.01. The highest BCUT2D eigenvalue weighted by Crippen LogP contribution is 2.16. The molecule has 0 saturated carbocycles. The first kappa shape index (κ1) is 14.0. The molecule has 104 valence electrons. The zero-order valence-corrected chi connectivity index (χ0v) is 11.8. The Morgan fingerprint density at radius 1 is 1.42 bits per heavy atom. The average molecular weight is 261 g/mol. The van der Waals surface area contributed by atoms with Gasteiger partial charge in [-0.25, -0.2) is 0 Å². The van der Waals surface area contributed by atoms with Crippen molar-refractivity contribution in [3.8, 4) is 0 Å². The van der Waals surface area contributed by atoms with Crippen LogP contribution in [-0.2, 0) is 4.79 Å². The number of rotatable bonds is 4. The number of nitrogens with zero attached hydrogens (tertiary/aromatic N) is 2. The number of carbonyl (C=O) groups excluding carboxylic acids is 1. The molecule has 0 bridgehead atoms. The summed E-state index contributed by atoms with van der Waals surface area (Å²) in [6.45, 7) is 5.65. The lowest BCUT2D eigenvalue weighted by Crippen LogP contribution is -2.51. The van der Waals surface area contributed by atoms with Crippen LogP contribution in [0.5, 0.6) is 0 Å². The molecule has 1 N–H and O–H groups in total. The molecule has 0 radical (unpaired) electrons. The maximum Gasteiger partial charge on any atom is 0.228 e. The zero-order chi connectivity index (χ0) is 13.7. The van der Waals surface area contributed by atoms with Crippen LogP contribution in [-0.4, -0.2) is 50.1 Å². The fraction of sp³-hybridized carbons (Fsp3) is 0.533. The second-order valence-corrected chi connectivity index (χ2v) is 5.02. The van der Waals surface area contributed by atoms with Gasteiger partial charge in [-0.15, -0.1) is 0 Å². The molecule has 1 heterocycles. The highest BCUT2D eigenvalue weighted by Gasteiger charge is 2.24. The lowest BCUT2D eigenvalue weighted by atomic mass is 10.1. The van der Waals surface area contributed by atoms with Gasteiger partial charge in [-0.2, -0.15) is 0 Å². The van der Waals surface area contributed by atoms with E-state index < -0.39 is 0 Å². The number of hydrogen-bond acceptors (Lipinski definition) is 3. The Kier molecular flexibility index (Phi) is 4.93. The molecule has 1 amide bonds. The minimum Gasteiger partial charge on any atom is -0.314 e. The van der Waals surface area contributed by atoms with E-state index in [2.05, 4.69) is 17.3 Å². The number of nitrogens with one attached hydrogen (secondary N) is 1.